The molecule has 11 nitrogen and oxygen atoms in total. The van der Waals surface area contributed by atoms with Gasteiger partial charge in [0.1, 0.15) is 6.29 Å². The number of carbonyl (C=O) groups excluding carboxylic acids is 3. The first-order valence-electron chi connectivity index (χ1n) is 11.5. The Morgan fingerprint density at radius 2 is 1.91 bits per heavy atom. The first-order chi connectivity index (χ1) is 16.8. The van der Waals surface area contributed by atoms with Gasteiger partial charge in [0.2, 0.25) is 17.7 Å². The zero-order valence-electron chi connectivity index (χ0n) is 19.1. The van der Waals surface area contributed by atoms with Crippen molar-refractivity contribution in [1.82, 2.24) is 20.9 Å². The van der Waals surface area contributed by atoms with Crippen LogP contribution in [0.15, 0.2) is 42.5 Å². The normalized spacial score (nSPS) is 26.1. The molecular formula is C24H26N6O5. The maximum absolute atomic E-state index is 13.2. The Bertz CT molecular complexity index is 1220. The summed E-state index contributed by atoms with van der Waals surface area (Å²) in [7, 11) is 0. The lowest BCUT2D eigenvalue weighted by Crippen LogP contribution is -2.74. The summed E-state index contributed by atoms with van der Waals surface area (Å²) in [5.74, 6) is -2.94. The standard InChI is InChI=1S/C24H26N6O5/c1-13-6-7-16(10-18(13)30(34)35)25-22(32)17-11-19(31)26-21-20(17)23(33)28-24(27-21)29-9-8-14-4-2-3-5-15(14)12-29/h2-7,10,17,20-21,24,27H,8-9,11-12H2,1H3,(H,25,32)(H,26,31)(H,28,33). The summed E-state index contributed by atoms with van der Waals surface area (Å²) in [6, 6.07) is 12.5. The van der Waals surface area contributed by atoms with Gasteiger partial charge in [-0.1, -0.05) is 30.3 Å². The van der Waals surface area contributed by atoms with Crippen LogP contribution < -0.4 is 21.3 Å². The molecule has 4 N–H and O–H groups in total. The van der Waals surface area contributed by atoms with Crippen LogP contribution in [0.4, 0.5) is 11.4 Å². The van der Waals surface area contributed by atoms with Crippen molar-refractivity contribution in [2.45, 2.75) is 38.8 Å². The van der Waals surface area contributed by atoms with Crippen LogP contribution in [0, 0.1) is 28.9 Å². The minimum absolute atomic E-state index is 0.120. The molecule has 0 aromatic heterocycles. The highest BCUT2D eigenvalue weighted by atomic mass is 16.6. The van der Waals surface area contributed by atoms with E-state index in [0.717, 1.165) is 13.0 Å². The topological polar surface area (TPSA) is 146 Å². The lowest BCUT2D eigenvalue weighted by atomic mass is 9.81. The van der Waals surface area contributed by atoms with Crippen molar-refractivity contribution in [3.63, 3.8) is 0 Å². The number of hydrogen-bond acceptors (Lipinski definition) is 7. The van der Waals surface area contributed by atoms with E-state index in [-0.39, 0.29) is 29.6 Å². The van der Waals surface area contributed by atoms with E-state index < -0.39 is 35.1 Å². The third-order valence-corrected chi connectivity index (χ3v) is 6.97. The van der Waals surface area contributed by atoms with E-state index >= 15 is 0 Å². The van der Waals surface area contributed by atoms with Gasteiger partial charge in [0, 0.05) is 36.8 Å². The zero-order valence-corrected chi connectivity index (χ0v) is 19.1. The smallest absolute Gasteiger partial charge is 0.274 e. The van der Waals surface area contributed by atoms with Crippen LogP contribution in [0.1, 0.15) is 23.1 Å². The molecular weight excluding hydrogens is 452 g/mol. The van der Waals surface area contributed by atoms with Gasteiger partial charge in [-0.25, -0.2) is 0 Å². The van der Waals surface area contributed by atoms with Crippen molar-refractivity contribution in [2.24, 2.45) is 11.8 Å². The molecule has 0 aliphatic carbocycles. The minimum atomic E-state index is -0.926. The number of benzene rings is 2. The molecule has 2 fully saturated rings. The van der Waals surface area contributed by atoms with Crippen LogP contribution in [0.2, 0.25) is 0 Å². The molecule has 35 heavy (non-hydrogen) atoms. The number of fused-ring (bicyclic) bond motifs is 2. The van der Waals surface area contributed by atoms with Crippen LogP contribution in [-0.2, 0) is 27.3 Å². The predicted octanol–water partition coefficient (Wildman–Crippen LogP) is 0.981. The second-order valence-corrected chi connectivity index (χ2v) is 9.20. The summed E-state index contributed by atoms with van der Waals surface area (Å²) in [6.07, 6.45) is -0.509. The summed E-state index contributed by atoms with van der Waals surface area (Å²) >= 11 is 0. The van der Waals surface area contributed by atoms with Crippen LogP contribution in [0.5, 0.6) is 0 Å². The van der Waals surface area contributed by atoms with E-state index in [9.17, 15) is 24.5 Å². The highest BCUT2D eigenvalue weighted by molar-refractivity contribution is 6.00. The number of nitrogens with zero attached hydrogens (tertiary/aromatic N) is 2. The number of anilines is 1. The first kappa shape index (κ1) is 22.9. The summed E-state index contributed by atoms with van der Waals surface area (Å²) < 4.78 is 0. The van der Waals surface area contributed by atoms with Gasteiger partial charge in [-0.15, -0.1) is 0 Å². The number of carbonyl (C=O) groups is 3. The molecule has 0 saturated carbocycles. The van der Waals surface area contributed by atoms with Gasteiger partial charge >= 0.3 is 0 Å². The number of nitro groups is 1. The fraction of sp³-hybridized carbons (Fsp3) is 0.375. The molecule has 3 aliphatic heterocycles. The molecule has 3 heterocycles. The average molecular weight is 479 g/mol. The number of hydrogen-bond donors (Lipinski definition) is 4. The Balaban J connectivity index is 1.31. The van der Waals surface area contributed by atoms with Gasteiger partial charge < -0.3 is 16.0 Å². The van der Waals surface area contributed by atoms with Gasteiger partial charge in [0.25, 0.3) is 5.69 Å². The molecule has 3 aliphatic rings. The number of aryl methyl sites for hydroxylation is 1. The van der Waals surface area contributed by atoms with Gasteiger partial charge in [-0.2, -0.15) is 0 Å². The molecule has 4 atom stereocenters. The maximum Gasteiger partial charge on any atom is 0.274 e. The molecule has 0 bridgehead atoms. The third-order valence-electron chi connectivity index (χ3n) is 6.97. The van der Waals surface area contributed by atoms with Crippen LogP contribution in [-0.4, -0.2) is 46.5 Å². The first-order valence-corrected chi connectivity index (χ1v) is 11.5. The number of piperidine rings is 1. The Kier molecular flexibility index (Phi) is 5.95. The number of nitrogens with one attached hydrogen (secondary N) is 4. The van der Waals surface area contributed by atoms with E-state index in [1.807, 2.05) is 12.1 Å². The fourth-order valence-electron chi connectivity index (χ4n) is 5.11. The summed E-state index contributed by atoms with van der Waals surface area (Å²) in [5.41, 5.74) is 3.05. The molecule has 11 heteroatoms. The quantitative estimate of drug-likeness (QED) is 0.379. The van der Waals surface area contributed by atoms with Crippen molar-refractivity contribution >= 4 is 29.1 Å². The van der Waals surface area contributed by atoms with E-state index in [0.29, 0.717) is 12.1 Å². The summed E-state index contributed by atoms with van der Waals surface area (Å²) in [6.45, 7) is 2.99. The van der Waals surface area contributed by atoms with E-state index in [1.165, 1.54) is 17.2 Å². The molecule has 3 amide bonds. The molecule has 2 aromatic carbocycles. The largest absolute Gasteiger partial charge is 0.340 e. The van der Waals surface area contributed by atoms with Crippen molar-refractivity contribution < 1.29 is 19.3 Å². The number of amides is 3. The zero-order chi connectivity index (χ0) is 24.7. The third kappa shape index (κ3) is 4.47. The summed E-state index contributed by atoms with van der Waals surface area (Å²) in [5, 5.41) is 23.0. The minimum Gasteiger partial charge on any atom is -0.340 e. The SMILES string of the molecule is Cc1ccc(NC(=O)C2CC(=O)NC3NC(N4CCc5ccccc5C4)NC(=O)C32)cc1[N+](=O)[O-]. The van der Waals surface area contributed by atoms with Crippen molar-refractivity contribution in [3.05, 3.63) is 69.3 Å². The maximum atomic E-state index is 13.2. The van der Waals surface area contributed by atoms with Crippen LogP contribution in [0.3, 0.4) is 0 Å². The molecule has 0 radical (unpaired) electrons. The molecule has 5 rings (SSSR count). The monoisotopic (exact) mass is 478 g/mol. The van der Waals surface area contributed by atoms with Gasteiger partial charge in [0.05, 0.1) is 22.9 Å². The van der Waals surface area contributed by atoms with E-state index in [4.69, 9.17) is 0 Å². The Morgan fingerprint density at radius 1 is 1.14 bits per heavy atom. The average Bonchev–Trinajstić information content (AvgIpc) is 2.83. The molecule has 4 unspecified atom stereocenters. The van der Waals surface area contributed by atoms with Crippen molar-refractivity contribution in [2.75, 3.05) is 11.9 Å². The van der Waals surface area contributed by atoms with Crippen LogP contribution >= 0.6 is 0 Å². The molecule has 182 valence electrons. The van der Waals surface area contributed by atoms with Gasteiger partial charge in [0.15, 0.2) is 0 Å². The highest BCUT2D eigenvalue weighted by Gasteiger charge is 2.49. The molecule has 2 aromatic rings. The Labute approximate surface area is 201 Å². The Morgan fingerprint density at radius 3 is 2.69 bits per heavy atom. The molecule has 2 saturated heterocycles. The fourth-order valence-corrected chi connectivity index (χ4v) is 5.11. The predicted molar refractivity (Wildman–Crippen MR) is 126 cm³/mol. The summed E-state index contributed by atoms with van der Waals surface area (Å²) in [4.78, 5) is 51.6. The van der Waals surface area contributed by atoms with E-state index in [2.05, 4.69) is 38.3 Å². The van der Waals surface area contributed by atoms with Gasteiger partial charge in [-0.3, -0.25) is 34.7 Å². The highest BCUT2D eigenvalue weighted by Crippen LogP contribution is 2.30. The second kappa shape index (κ2) is 9.08. The van der Waals surface area contributed by atoms with Crippen molar-refractivity contribution in [1.29, 1.82) is 0 Å². The number of nitro benzene ring substituents is 1. The number of rotatable bonds is 4. The molecule has 0 spiro atoms. The lowest BCUT2D eigenvalue weighted by Gasteiger charge is -2.47. The lowest BCUT2D eigenvalue weighted by molar-refractivity contribution is -0.385. The van der Waals surface area contributed by atoms with Gasteiger partial charge in [-0.05, 0) is 30.5 Å². The Hall–Kier alpha value is -3.83. The second-order valence-electron chi connectivity index (χ2n) is 9.20. The van der Waals surface area contributed by atoms with Crippen molar-refractivity contribution in [3.8, 4) is 0 Å². The van der Waals surface area contributed by atoms with Crippen LogP contribution in [0.25, 0.3) is 0 Å². The van der Waals surface area contributed by atoms with E-state index in [1.54, 1.807) is 19.1 Å².